The zero-order valence-corrected chi connectivity index (χ0v) is 17.3. The maximum absolute atomic E-state index is 15.3. The first-order valence-corrected chi connectivity index (χ1v) is 10.4. The predicted molar refractivity (Wildman–Crippen MR) is 122 cm³/mol. The molecule has 0 saturated heterocycles. The van der Waals surface area contributed by atoms with Crippen molar-refractivity contribution in [1.82, 2.24) is 20.4 Å². The summed E-state index contributed by atoms with van der Waals surface area (Å²) >= 11 is 0. The monoisotopic (exact) mass is 428 g/mol. The molecule has 0 amide bonds. The van der Waals surface area contributed by atoms with Crippen LogP contribution in [0.2, 0.25) is 0 Å². The number of rotatable bonds is 3. The summed E-state index contributed by atoms with van der Waals surface area (Å²) < 4.78 is 20.6. The van der Waals surface area contributed by atoms with E-state index in [1.165, 1.54) is 6.07 Å². The first-order valence-electron chi connectivity index (χ1n) is 10.4. The van der Waals surface area contributed by atoms with E-state index in [4.69, 9.17) is 10.5 Å². The third kappa shape index (κ3) is 2.80. The van der Waals surface area contributed by atoms with Crippen LogP contribution in [-0.4, -0.2) is 27.5 Å². The minimum Gasteiger partial charge on any atom is -0.497 e. The Morgan fingerprint density at radius 2 is 1.81 bits per heavy atom. The maximum atomic E-state index is 15.3. The Morgan fingerprint density at radius 1 is 1.00 bits per heavy atom. The molecule has 1 aliphatic heterocycles. The van der Waals surface area contributed by atoms with Gasteiger partial charge >= 0.3 is 0 Å². The minimum atomic E-state index is -0.302. The third-order valence-corrected chi connectivity index (χ3v) is 6.41. The van der Waals surface area contributed by atoms with Gasteiger partial charge in [0.05, 0.1) is 36.1 Å². The van der Waals surface area contributed by atoms with Gasteiger partial charge in [-0.2, -0.15) is 10.2 Å². The fraction of sp³-hybridized carbons (Fsp3) is 0.167. The number of fused-ring (bicyclic) bond motifs is 4. The van der Waals surface area contributed by atoms with Crippen LogP contribution in [-0.2, 0) is 0 Å². The highest BCUT2D eigenvalue weighted by Gasteiger charge is 2.33. The van der Waals surface area contributed by atoms with Crippen LogP contribution in [0.3, 0.4) is 0 Å². The molecule has 2 atom stereocenters. The Balaban J connectivity index is 1.52. The van der Waals surface area contributed by atoms with E-state index in [2.05, 4.69) is 25.7 Å². The van der Waals surface area contributed by atoms with Gasteiger partial charge in [-0.3, -0.25) is 10.2 Å². The lowest BCUT2D eigenvalue weighted by Crippen LogP contribution is -2.23. The fourth-order valence-corrected chi connectivity index (χ4v) is 4.81. The first-order chi connectivity index (χ1) is 15.6. The molecule has 5 N–H and O–H groups in total. The van der Waals surface area contributed by atoms with Crippen molar-refractivity contribution in [2.24, 2.45) is 0 Å². The van der Waals surface area contributed by atoms with Gasteiger partial charge in [0.2, 0.25) is 0 Å². The van der Waals surface area contributed by atoms with Gasteiger partial charge in [-0.25, -0.2) is 4.39 Å². The molecule has 0 saturated carbocycles. The van der Waals surface area contributed by atoms with E-state index in [1.54, 1.807) is 13.3 Å². The number of benzene rings is 3. The number of methoxy groups -OCH3 is 1. The molecule has 1 aliphatic rings. The number of halogens is 1. The molecule has 0 aliphatic carbocycles. The zero-order valence-electron chi connectivity index (χ0n) is 17.3. The van der Waals surface area contributed by atoms with Crippen LogP contribution >= 0.6 is 0 Å². The molecule has 160 valence electrons. The Bertz CT molecular complexity index is 1460. The number of aromatic amines is 2. The summed E-state index contributed by atoms with van der Waals surface area (Å²) in [6.07, 6.45) is 2.51. The van der Waals surface area contributed by atoms with Crippen LogP contribution in [0, 0.1) is 5.82 Å². The van der Waals surface area contributed by atoms with Gasteiger partial charge in [-0.15, -0.1) is 0 Å². The first kappa shape index (κ1) is 18.7. The summed E-state index contributed by atoms with van der Waals surface area (Å²) in [5.74, 6) is 0.906. The largest absolute Gasteiger partial charge is 0.497 e. The number of hydrogen-bond acceptors (Lipinski definition) is 5. The van der Waals surface area contributed by atoms with Gasteiger partial charge in [-0.05, 0) is 47.4 Å². The standard InChI is InChI=1S/C24H21FN6O/c1-32-14-5-2-12(3-6-14)15-9-20(13-4-7-19-16(8-13)24(26)31-30-19)28-23-18(25)10-21-17(22(15)23)11-27-29-21/h2-8,10-11,15,20,28H,9H2,1H3,(H,27,29)(H3,26,30,31)/t15?,20-/m1/s1. The number of nitrogens with zero attached hydrogens (tertiary/aromatic N) is 2. The Morgan fingerprint density at radius 3 is 2.62 bits per heavy atom. The van der Waals surface area contributed by atoms with Gasteiger partial charge in [0, 0.05) is 22.8 Å². The smallest absolute Gasteiger partial charge is 0.153 e. The van der Waals surface area contributed by atoms with E-state index in [1.807, 2.05) is 42.5 Å². The molecule has 32 heavy (non-hydrogen) atoms. The van der Waals surface area contributed by atoms with Crippen molar-refractivity contribution in [1.29, 1.82) is 0 Å². The van der Waals surface area contributed by atoms with Crippen molar-refractivity contribution in [3.8, 4) is 5.75 Å². The molecular formula is C24H21FN6O. The van der Waals surface area contributed by atoms with E-state index in [0.717, 1.165) is 45.1 Å². The quantitative estimate of drug-likeness (QED) is 0.329. The highest BCUT2D eigenvalue weighted by Crippen LogP contribution is 2.48. The number of anilines is 2. The van der Waals surface area contributed by atoms with Crippen molar-refractivity contribution in [2.45, 2.75) is 18.4 Å². The molecule has 7 nitrogen and oxygen atoms in total. The van der Waals surface area contributed by atoms with E-state index < -0.39 is 0 Å². The second-order valence-corrected chi connectivity index (χ2v) is 8.15. The predicted octanol–water partition coefficient (Wildman–Crippen LogP) is 4.86. The molecule has 5 aromatic rings. The molecule has 8 heteroatoms. The second-order valence-electron chi connectivity index (χ2n) is 8.15. The third-order valence-electron chi connectivity index (χ3n) is 6.41. The second kappa shape index (κ2) is 6.98. The summed E-state index contributed by atoms with van der Waals surface area (Å²) in [6, 6.07) is 15.4. The zero-order chi connectivity index (χ0) is 21.8. The fourth-order valence-electron chi connectivity index (χ4n) is 4.81. The molecule has 0 radical (unpaired) electrons. The summed E-state index contributed by atoms with van der Waals surface area (Å²) in [5, 5.41) is 19.3. The molecule has 0 spiro atoms. The molecule has 3 aromatic carbocycles. The number of H-pyrrole nitrogens is 2. The van der Waals surface area contributed by atoms with Crippen molar-refractivity contribution >= 4 is 33.3 Å². The van der Waals surface area contributed by atoms with E-state index in [0.29, 0.717) is 17.0 Å². The topological polar surface area (TPSA) is 105 Å². The lowest BCUT2D eigenvalue weighted by molar-refractivity contribution is 0.414. The van der Waals surface area contributed by atoms with Gasteiger partial charge in [0.25, 0.3) is 0 Å². The van der Waals surface area contributed by atoms with Gasteiger partial charge in [0.1, 0.15) is 11.6 Å². The lowest BCUT2D eigenvalue weighted by Gasteiger charge is -2.34. The van der Waals surface area contributed by atoms with Crippen molar-refractivity contribution in [3.05, 3.63) is 77.2 Å². The molecule has 6 rings (SSSR count). The number of nitrogens with two attached hydrogens (primary N) is 1. The van der Waals surface area contributed by atoms with Crippen molar-refractivity contribution in [3.63, 3.8) is 0 Å². The summed E-state index contributed by atoms with van der Waals surface area (Å²) in [5.41, 5.74) is 11.1. The molecule has 0 fully saturated rings. The van der Waals surface area contributed by atoms with E-state index in [9.17, 15) is 0 Å². The average Bonchev–Trinajstić information content (AvgIpc) is 3.45. The number of nitrogen functional groups attached to an aromatic ring is 1. The van der Waals surface area contributed by atoms with Crippen molar-refractivity contribution < 1.29 is 9.13 Å². The summed E-state index contributed by atoms with van der Waals surface area (Å²) in [7, 11) is 1.65. The molecule has 1 unspecified atom stereocenters. The van der Waals surface area contributed by atoms with Crippen LogP contribution in [0.1, 0.15) is 35.1 Å². The van der Waals surface area contributed by atoms with Gasteiger partial charge in [-0.1, -0.05) is 18.2 Å². The number of aromatic nitrogens is 4. The van der Waals surface area contributed by atoms with Crippen LogP contribution in [0.4, 0.5) is 15.9 Å². The average molecular weight is 428 g/mol. The SMILES string of the molecule is COc1ccc(C2C[C@H](c3ccc4[nH]nc(N)c4c3)Nc3c(F)cc4[nH]ncc4c32)cc1. The summed E-state index contributed by atoms with van der Waals surface area (Å²) in [4.78, 5) is 0. The Kier molecular flexibility index (Phi) is 4.07. The van der Waals surface area contributed by atoms with Crippen LogP contribution < -0.4 is 15.8 Å². The lowest BCUT2D eigenvalue weighted by atomic mass is 9.79. The van der Waals surface area contributed by atoms with Crippen LogP contribution in [0.15, 0.2) is 54.7 Å². The van der Waals surface area contributed by atoms with Crippen molar-refractivity contribution in [2.75, 3.05) is 18.2 Å². The Hall–Kier alpha value is -4.07. The molecule has 2 aromatic heterocycles. The number of nitrogens with one attached hydrogen (secondary N) is 3. The van der Waals surface area contributed by atoms with Crippen LogP contribution in [0.25, 0.3) is 21.8 Å². The van der Waals surface area contributed by atoms with Gasteiger partial charge < -0.3 is 15.8 Å². The molecule has 0 bridgehead atoms. The van der Waals surface area contributed by atoms with E-state index in [-0.39, 0.29) is 17.8 Å². The Labute approximate surface area is 182 Å². The number of hydrogen-bond donors (Lipinski definition) is 4. The van der Waals surface area contributed by atoms with Crippen LogP contribution in [0.5, 0.6) is 5.75 Å². The number of ether oxygens (including phenoxy) is 1. The summed E-state index contributed by atoms with van der Waals surface area (Å²) in [6.45, 7) is 0. The molecule has 3 heterocycles. The normalized spacial score (nSPS) is 17.9. The highest BCUT2D eigenvalue weighted by molar-refractivity contribution is 5.91. The highest BCUT2D eigenvalue weighted by atomic mass is 19.1. The van der Waals surface area contributed by atoms with E-state index >= 15 is 4.39 Å². The molecular weight excluding hydrogens is 407 g/mol. The maximum Gasteiger partial charge on any atom is 0.153 e. The minimum absolute atomic E-state index is 0.0321. The van der Waals surface area contributed by atoms with Gasteiger partial charge in [0.15, 0.2) is 5.82 Å².